The third kappa shape index (κ3) is 3.07. The molecule has 0 amide bonds. The van der Waals surface area contributed by atoms with Crippen LogP contribution < -0.4 is 9.47 Å². The van der Waals surface area contributed by atoms with E-state index in [4.69, 9.17) is 9.47 Å². The number of rotatable bonds is 5. The van der Waals surface area contributed by atoms with Crippen molar-refractivity contribution in [2.24, 2.45) is 0 Å². The standard InChI is InChI=1S/C14H14N2O3/c1-10(12-8-15-5-6-16-12)19-13-4-3-11(9-17)7-14(13)18-2/h3-10H,1-2H3. The van der Waals surface area contributed by atoms with Crippen LogP contribution in [0.3, 0.4) is 0 Å². The van der Waals surface area contributed by atoms with E-state index in [1.165, 1.54) is 7.11 Å². The van der Waals surface area contributed by atoms with Crippen molar-refractivity contribution in [1.82, 2.24) is 9.97 Å². The third-order valence-electron chi connectivity index (χ3n) is 2.63. The molecule has 1 heterocycles. The number of hydrogen-bond donors (Lipinski definition) is 0. The molecule has 0 fully saturated rings. The average molecular weight is 258 g/mol. The number of aldehydes is 1. The van der Waals surface area contributed by atoms with Gasteiger partial charge in [0.05, 0.1) is 19.0 Å². The lowest BCUT2D eigenvalue weighted by atomic mass is 10.2. The van der Waals surface area contributed by atoms with Gasteiger partial charge >= 0.3 is 0 Å². The molecule has 0 saturated heterocycles. The Kier molecular flexibility index (Phi) is 4.07. The maximum atomic E-state index is 10.7. The van der Waals surface area contributed by atoms with Crippen molar-refractivity contribution < 1.29 is 14.3 Å². The zero-order valence-electron chi connectivity index (χ0n) is 10.7. The Bertz CT molecular complexity index is 558. The molecule has 0 aliphatic rings. The lowest BCUT2D eigenvalue weighted by Gasteiger charge is -2.16. The summed E-state index contributed by atoms with van der Waals surface area (Å²) in [5.74, 6) is 1.08. The normalized spacial score (nSPS) is 11.7. The fourth-order valence-electron chi connectivity index (χ4n) is 1.63. The van der Waals surface area contributed by atoms with Crippen molar-refractivity contribution in [3.8, 4) is 11.5 Å². The van der Waals surface area contributed by atoms with Crippen molar-refractivity contribution in [2.45, 2.75) is 13.0 Å². The molecular weight excluding hydrogens is 244 g/mol. The summed E-state index contributed by atoms with van der Waals surface area (Å²) in [4.78, 5) is 18.9. The van der Waals surface area contributed by atoms with Crippen molar-refractivity contribution in [3.63, 3.8) is 0 Å². The van der Waals surface area contributed by atoms with Crippen LogP contribution in [-0.4, -0.2) is 23.4 Å². The predicted octanol–water partition coefficient (Wildman–Crippen LogP) is 2.44. The molecule has 1 aromatic carbocycles. The van der Waals surface area contributed by atoms with Crippen LogP contribution >= 0.6 is 0 Å². The average Bonchev–Trinajstić information content (AvgIpc) is 2.48. The summed E-state index contributed by atoms with van der Waals surface area (Å²) >= 11 is 0. The number of nitrogens with zero attached hydrogens (tertiary/aromatic N) is 2. The van der Waals surface area contributed by atoms with E-state index in [2.05, 4.69) is 9.97 Å². The molecular formula is C14H14N2O3. The van der Waals surface area contributed by atoms with E-state index in [1.54, 1.807) is 36.8 Å². The molecule has 0 radical (unpaired) electrons. The van der Waals surface area contributed by atoms with Gasteiger partial charge in [0.25, 0.3) is 0 Å². The molecule has 1 aromatic heterocycles. The Morgan fingerprint density at radius 2 is 2.11 bits per heavy atom. The van der Waals surface area contributed by atoms with Gasteiger partial charge in [-0.3, -0.25) is 14.8 Å². The van der Waals surface area contributed by atoms with Gasteiger partial charge in [-0.05, 0) is 25.1 Å². The number of methoxy groups -OCH3 is 1. The van der Waals surface area contributed by atoms with Crippen LogP contribution in [0.15, 0.2) is 36.8 Å². The molecule has 98 valence electrons. The van der Waals surface area contributed by atoms with Gasteiger partial charge in [-0.1, -0.05) is 0 Å². The molecule has 2 aromatic rings. The predicted molar refractivity (Wildman–Crippen MR) is 69.5 cm³/mol. The van der Waals surface area contributed by atoms with E-state index in [0.29, 0.717) is 17.1 Å². The summed E-state index contributed by atoms with van der Waals surface area (Å²) in [6.07, 6.45) is 5.37. The van der Waals surface area contributed by atoms with Crippen molar-refractivity contribution >= 4 is 6.29 Å². The minimum absolute atomic E-state index is 0.260. The maximum absolute atomic E-state index is 10.7. The minimum Gasteiger partial charge on any atom is -0.493 e. The van der Waals surface area contributed by atoms with Gasteiger partial charge in [0, 0.05) is 18.0 Å². The molecule has 5 nitrogen and oxygen atoms in total. The van der Waals surface area contributed by atoms with E-state index in [0.717, 1.165) is 12.0 Å². The number of hydrogen-bond acceptors (Lipinski definition) is 5. The molecule has 1 unspecified atom stereocenters. The van der Waals surface area contributed by atoms with Gasteiger partial charge in [-0.25, -0.2) is 0 Å². The van der Waals surface area contributed by atoms with E-state index in [-0.39, 0.29) is 6.10 Å². The summed E-state index contributed by atoms with van der Waals surface area (Å²) in [5.41, 5.74) is 1.26. The summed E-state index contributed by atoms with van der Waals surface area (Å²) in [5, 5.41) is 0. The van der Waals surface area contributed by atoms with E-state index in [9.17, 15) is 4.79 Å². The summed E-state index contributed by atoms with van der Waals surface area (Å²) in [6, 6.07) is 5.01. The zero-order valence-corrected chi connectivity index (χ0v) is 10.7. The molecule has 5 heteroatoms. The Morgan fingerprint density at radius 1 is 1.26 bits per heavy atom. The summed E-state index contributed by atoms with van der Waals surface area (Å²) in [6.45, 7) is 1.87. The highest BCUT2D eigenvalue weighted by atomic mass is 16.5. The van der Waals surface area contributed by atoms with Crippen LogP contribution in [-0.2, 0) is 0 Å². The molecule has 2 rings (SSSR count). The second-order valence-corrected chi connectivity index (χ2v) is 3.92. The molecule has 19 heavy (non-hydrogen) atoms. The second kappa shape index (κ2) is 5.95. The highest BCUT2D eigenvalue weighted by Crippen LogP contribution is 2.31. The van der Waals surface area contributed by atoms with Gasteiger partial charge in [0.1, 0.15) is 12.4 Å². The fourth-order valence-corrected chi connectivity index (χ4v) is 1.63. The Labute approximate surface area is 111 Å². The number of carbonyl (C=O) groups excluding carboxylic acids is 1. The molecule has 0 N–H and O–H groups in total. The molecule has 1 atom stereocenters. The Morgan fingerprint density at radius 3 is 2.74 bits per heavy atom. The molecule has 0 spiro atoms. The molecule has 0 bridgehead atoms. The van der Waals surface area contributed by atoms with Crippen LogP contribution in [0.2, 0.25) is 0 Å². The first-order valence-corrected chi connectivity index (χ1v) is 5.80. The first kappa shape index (κ1) is 13.0. The van der Waals surface area contributed by atoms with Crippen LogP contribution in [0.1, 0.15) is 29.1 Å². The number of benzene rings is 1. The van der Waals surface area contributed by atoms with Crippen LogP contribution in [0, 0.1) is 0 Å². The van der Waals surface area contributed by atoms with E-state index >= 15 is 0 Å². The SMILES string of the molecule is COc1cc(C=O)ccc1OC(C)c1cnccn1. The number of aromatic nitrogens is 2. The van der Waals surface area contributed by atoms with Crippen molar-refractivity contribution in [3.05, 3.63) is 48.0 Å². The highest BCUT2D eigenvalue weighted by molar-refractivity contribution is 5.76. The molecule has 0 aliphatic heterocycles. The lowest BCUT2D eigenvalue weighted by molar-refractivity contribution is 0.112. The van der Waals surface area contributed by atoms with Crippen LogP contribution in [0.5, 0.6) is 11.5 Å². The lowest BCUT2D eigenvalue weighted by Crippen LogP contribution is -2.06. The van der Waals surface area contributed by atoms with Crippen LogP contribution in [0.25, 0.3) is 0 Å². The Balaban J connectivity index is 2.21. The summed E-state index contributed by atoms with van der Waals surface area (Å²) in [7, 11) is 1.53. The zero-order chi connectivity index (χ0) is 13.7. The first-order valence-electron chi connectivity index (χ1n) is 5.80. The van der Waals surface area contributed by atoms with Gasteiger partial charge in [0.2, 0.25) is 0 Å². The van der Waals surface area contributed by atoms with Crippen molar-refractivity contribution in [1.29, 1.82) is 0 Å². The third-order valence-corrected chi connectivity index (χ3v) is 2.63. The monoisotopic (exact) mass is 258 g/mol. The Hall–Kier alpha value is -2.43. The highest BCUT2D eigenvalue weighted by Gasteiger charge is 2.12. The number of carbonyl (C=O) groups is 1. The van der Waals surface area contributed by atoms with Gasteiger partial charge in [0.15, 0.2) is 11.5 Å². The second-order valence-electron chi connectivity index (χ2n) is 3.92. The number of ether oxygens (including phenoxy) is 2. The van der Waals surface area contributed by atoms with Crippen LogP contribution in [0.4, 0.5) is 0 Å². The van der Waals surface area contributed by atoms with E-state index in [1.807, 2.05) is 6.92 Å². The van der Waals surface area contributed by atoms with E-state index < -0.39 is 0 Å². The maximum Gasteiger partial charge on any atom is 0.162 e. The van der Waals surface area contributed by atoms with Gasteiger partial charge in [-0.15, -0.1) is 0 Å². The van der Waals surface area contributed by atoms with Gasteiger partial charge < -0.3 is 9.47 Å². The van der Waals surface area contributed by atoms with Crippen molar-refractivity contribution in [2.75, 3.05) is 7.11 Å². The first-order chi connectivity index (χ1) is 9.24. The molecule has 0 saturated carbocycles. The topological polar surface area (TPSA) is 61.3 Å². The quantitative estimate of drug-likeness (QED) is 0.771. The minimum atomic E-state index is -0.260. The fraction of sp³-hybridized carbons (Fsp3) is 0.214. The van der Waals surface area contributed by atoms with Gasteiger partial charge in [-0.2, -0.15) is 0 Å². The molecule has 0 aliphatic carbocycles. The summed E-state index contributed by atoms with van der Waals surface area (Å²) < 4.78 is 11.0. The smallest absolute Gasteiger partial charge is 0.162 e. The largest absolute Gasteiger partial charge is 0.493 e.